The molecule has 2 rings (SSSR count). The van der Waals surface area contributed by atoms with E-state index in [1.807, 2.05) is 0 Å². The van der Waals surface area contributed by atoms with Crippen LogP contribution in [-0.4, -0.2) is 32.4 Å². The molecular weight excluding hydrogens is 215 g/mol. The third-order valence-electron chi connectivity index (χ3n) is 2.16. The van der Waals surface area contributed by atoms with E-state index in [-0.39, 0.29) is 11.3 Å². The maximum Gasteiger partial charge on any atom is 0.172 e. The van der Waals surface area contributed by atoms with Crippen LogP contribution in [0.5, 0.6) is 5.75 Å². The molecule has 16 heavy (non-hydrogen) atoms. The first-order valence-corrected chi connectivity index (χ1v) is 4.47. The summed E-state index contributed by atoms with van der Waals surface area (Å²) in [6.45, 7) is -0.460. The minimum absolute atomic E-state index is 0.0703. The number of benzene rings is 1. The van der Waals surface area contributed by atoms with Crippen molar-refractivity contribution >= 4 is 0 Å². The Balaban J connectivity index is 2.59. The molecular formula is C9H9FN4O2. The van der Waals surface area contributed by atoms with Crippen LogP contribution in [0.2, 0.25) is 0 Å². The van der Waals surface area contributed by atoms with E-state index < -0.39 is 12.4 Å². The van der Waals surface area contributed by atoms with E-state index >= 15 is 0 Å². The molecule has 2 aromatic rings. The van der Waals surface area contributed by atoms with Gasteiger partial charge >= 0.3 is 0 Å². The summed E-state index contributed by atoms with van der Waals surface area (Å²) in [6, 6.07) is 3.02. The van der Waals surface area contributed by atoms with Crippen LogP contribution < -0.4 is 4.74 Å². The Morgan fingerprint density at radius 1 is 1.50 bits per heavy atom. The normalized spacial score (nSPS) is 10.4. The second-order valence-electron chi connectivity index (χ2n) is 2.99. The minimum Gasteiger partial charge on any atom is -0.494 e. The van der Waals surface area contributed by atoms with E-state index in [1.54, 1.807) is 6.07 Å². The van der Waals surface area contributed by atoms with Gasteiger partial charge in [0.2, 0.25) is 0 Å². The number of aliphatic hydroxyl groups excluding tert-OH is 1. The topological polar surface area (TPSA) is 73.1 Å². The molecule has 0 radical (unpaired) electrons. The zero-order valence-corrected chi connectivity index (χ0v) is 8.46. The predicted molar refractivity (Wildman–Crippen MR) is 51.6 cm³/mol. The van der Waals surface area contributed by atoms with E-state index in [0.717, 1.165) is 0 Å². The van der Waals surface area contributed by atoms with E-state index in [4.69, 9.17) is 9.84 Å². The summed E-state index contributed by atoms with van der Waals surface area (Å²) < 4.78 is 19.8. The fourth-order valence-electron chi connectivity index (χ4n) is 1.38. The molecule has 6 nitrogen and oxygen atoms in total. The van der Waals surface area contributed by atoms with Crippen molar-refractivity contribution in [2.75, 3.05) is 7.11 Å². The summed E-state index contributed by atoms with van der Waals surface area (Å²) in [6.07, 6.45) is 1.32. The second-order valence-corrected chi connectivity index (χ2v) is 2.99. The monoisotopic (exact) mass is 224 g/mol. The lowest BCUT2D eigenvalue weighted by atomic mass is 10.1. The highest BCUT2D eigenvalue weighted by Gasteiger charge is 2.15. The molecule has 0 aliphatic carbocycles. The van der Waals surface area contributed by atoms with Crippen LogP contribution in [0.3, 0.4) is 0 Å². The number of aromatic nitrogens is 4. The Kier molecular flexibility index (Phi) is 2.78. The van der Waals surface area contributed by atoms with Gasteiger partial charge in [-0.1, -0.05) is 0 Å². The minimum atomic E-state index is -0.613. The van der Waals surface area contributed by atoms with Crippen molar-refractivity contribution in [1.29, 1.82) is 0 Å². The molecule has 0 aliphatic heterocycles. The van der Waals surface area contributed by atoms with Gasteiger partial charge in [-0.3, -0.25) is 0 Å². The Bertz CT molecular complexity index is 487. The van der Waals surface area contributed by atoms with Gasteiger partial charge in [0.15, 0.2) is 11.6 Å². The van der Waals surface area contributed by atoms with Gasteiger partial charge in [0.25, 0.3) is 0 Å². The third-order valence-corrected chi connectivity index (χ3v) is 2.16. The maximum atomic E-state index is 13.8. The molecule has 0 atom stereocenters. The number of aliphatic hydroxyl groups is 1. The standard InChI is InChI=1S/C9H9FN4O2/c1-16-8-3-2-7(6(4-15)9(8)10)14-5-11-12-13-14/h2-3,5,15H,4H2,1H3. The Morgan fingerprint density at radius 3 is 2.88 bits per heavy atom. The van der Waals surface area contributed by atoms with Gasteiger partial charge in [0.1, 0.15) is 6.33 Å². The van der Waals surface area contributed by atoms with Crippen LogP contribution >= 0.6 is 0 Å². The summed E-state index contributed by atoms with van der Waals surface area (Å²) in [5.41, 5.74) is 0.470. The van der Waals surface area contributed by atoms with Gasteiger partial charge in [-0.05, 0) is 22.6 Å². The highest BCUT2D eigenvalue weighted by molar-refractivity contribution is 5.46. The Labute approximate surface area is 90.3 Å². The maximum absolute atomic E-state index is 13.8. The van der Waals surface area contributed by atoms with Crippen LogP contribution in [0.4, 0.5) is 4.39 Å². The average Bonchev–Trinajstić information content (AvgIpc) is 2.82. The van der Waals surface area contributed by atoms with Crippen LogP contribution in [0.25, 0.3) is 5.69 Å². The number of rotatable bonds is 3. The lowest BCUT2D eigenvalue weighted by Crippen LogP contribution is -2.04. The summed E-state index contributed by atoms with van der Waals surface area (Å²) in [5, 5.41) is 19.7. The van der Waals surface area contributed by atoms with Crippen LogP contribution in [0.15, 0.2) is 18.5 Å². The largest absolute Gasteiger partial charge is 0.494 e. The van der Waals surface area contributed by atoms with Crippen LogP contribution in [0, 0.1) is 5.82 Å². The van der Waals surface area contributed by atoms with Crippen molar-refractivity contribution in [3.63, 3.8) is 0 Å². The van der Waals surface area contributed by atoms with Crippen molar-refractivity contribution in [3.05, 3.63) is 29.8 Å². The lowest BCUT2D eigenvalue weighted by Gasteiger charge is -2.10. The highest BCUT2D eigenvalue weighted by atomic mass is 19.1. The molecule has 0 saturated carbocycles. The Morgan fingerprint density at radius 2 is 2.31 bits per heavy atom. The van der Waals surface area contributed by atoms with Crippen molar-refractivity contribution < 1.29 is 14.2 Å². The van der Waals surface area contributed by atoms with Crippen LogP contribution in [0.1, 0.15) is 5.56 Å². The quantitative estimate of drug-likeness (QED) is 0.811. The summed E-state index contributed by atoms with van der Waals surface area (Å²) in [5.74, 6) is -0.543. The van der Waals surface area contributed by atoms with E-state index in [2.05, 4.69) is 15.5 Å². The number of tetrazole rings is 1. The fraction of sp³-hybridized carbons (Fsp3) is 0.222. The van der Waals surface area contributed by atoms with Gasteiger partial charge in [-0.25, -0.2) is 9.07 Å². The number of hydrogen-bond acceptors (Lipinski definition) is 5. The lowest BCUT2D eigenvalue weighted by molar-refractivity contribution is 0.272. The molecule has 0 unspecified atom stereocenters. The zero-order valence-electron chi connectivity index (χ0n) is 8.46. The predicted octanol–water partition coefficient (Wildman–Crippen LogP) is 0.302. The first-order valence-electron chi connectivity index (χ1n) is 4.47. The third kappa shape index (κ3) is 1.61. The van der Waals surface area contributed by atoms with Crippen molar-refractivity contribution in [3.8, 4) is 11.4 Å². The highest BCUT2D eigenvalue weighted by Crippen LogP contribution is 2.25. The molecule has 84 valence electrons. The molecule has 0 saturated heterocycles. The van der Waals surface area contributed by atoms with Gasteiger partial charge in [-0.15, -0.1) is 5.10 Å². The number of methoxy groups -OCH3 is 1. The number of nitrogens with zero attached hydrogens (tertiary/aromatic N) is 4. The molecule has 7 heteroatoms. The number of ether oxygens (including phenoxy) is 1. The average molecular weight is 224 g/mol. The van der Waals surface area contributed by atoms with Crippen molar-refractivity contribution in [2.24, 2.45) is 0 Å². The number of halogens is 1. The van der Waals surface area contributed by atoms with Crippen molar-refractivity contribution in [1.82, 2.24) is 20.2 Å². The molecule has 1 heterocycles. The SMILES string of the molecule is COc1ccc(-n2cnnn2)c(CO)c1F. The van der Waals surface area contributed by atoms with Gasteiger partial charge in [0, 0.05) is 5.56 Å². The van der Waals surface area contributed by atoms with E-state index in [0.29, 0.717) is 5.69 Å². The summed E-state index contributed by atoms with van der Waals surface area (Å²) in [4.78, 5) is 0. The molecule has 0 amide bonds. The van der Waals surface area contributed by atoms with Crippen LogP contribution in [-0.2, 0) is 6.61 Å². The van der Waals surface area contributed by atoms with Gasteiger partial charge in [0.05, 0.1) is 19.4 Å². The molecule has 1 aromatic heterocycles. The zero-order chi connectivity index (χ0) is 11.5. The first kappa shape index (κ1) is 10.5. The smallest absolute Gasteiger partial charge is 0.172 e. The molecule has 1 aromatic carbocycles. The van der Waals surface area contributed by atoms with Gasteiger partial charge < -0.3 is 9.84 Å². The number of hydrogen-bond donors (Lipinski definition) is 1. The molecule has 1 N–H and O–H groups in total. The van der Waals surface area contributed by atoms with E-state index in [1.165, 1.54) is 24.2 Å². The molecule has 0 bridgehead atoms. The molecule has 0 spiro atoms. The fourth-order valence-corrected chi connectivity index (χ4v) is 1.38. The molecule has 0 aliphatic rings. The Hall–Kier alpha value is -2.02. The summed E-state index contributed by atoms with van der Waals surface area (Å²) in [7, 11) is 1.36. The second kappa shape index (κ2) is 4.23. The molecule has 0 fully saturated rings. The van der Waals surface area contributed by atoms with Crippen molar-refractivity contribution in [2.45, 2.75) is 6.61 Å². The van der Waals surface area contributed by atoms with Gasteiger partial charge in [-0.2, -0.15) is 0 Å². The van der Waals surface area contributed by atoms with E-state index in [9.17, 15) is 4.39 Å². The first-order chi connectivity index (χ1) is 7.77. The summed E-state index contributed by atoms with van der Waals surface area (Å²) >= 11 is 0.